The fraction of sp³-hybridized carbons (Fsp3) is 0.320. The van der Waals surface area contributed by atoms with Gasteiger partial charge in [-0.1, -0.05) is 30.4 Å². The van der Waals surface area contributed by atoms with Crippen LogP contribution in [0.4, 0.5) is 11.4 Å². The van der Waals surface area contributed by atoms with Crippen LogP contribution in [0.5, 0.6) is 0 Å². The molecule has 8 heteroatoms. The van der Waals surface area contributed by atoms with Crippen LogP contribution in [0.15, 0.2) is 66.7 Å². The molecule has 0 spiro atoms. The van der Waals surface area contributed by atoms with E-state index < -0.39 is 10.8 Å². The normalized spacial score (nSPS) is 30.7. The predicted molar refractivity (Wildman–Crippen MR) is 118 cm³/mol. The lowest BCUT2D eigenvalue weighted by Crippen LogP contribution is -2.45. The van der Waals surface area contributed by atoms with Gasteiger partial charge in [0.1, 0.15) is 6.67 Å². The smallest absolute Gasteiger partial charge is 0.269 e. The first-order valence-corrected chi connectivity index (χ1v) is 11.1. The molecular weight excluding hydrogens is 422 g/mol. The van der Waals surface area contributed by atoms with Crippen LogP contribution >= 0.6 is 0 Å². The maximum atomic E-state index is 13.4. The molecule has 1 aliphatic heterocycles. The Morgan fingerprint density at radius 2 is 1.52 bits per heavy atom. The van der Waals surface area contributed by atoms with Gasteiger partial charge in [0.2, 0.25) is 11.8 Å². The quantitative estimate of drug-likeness (QED) is 0.306. The molecule has 2 aromatic rings. The number of para-hydroxylation sites is 1. The first kappa shape index (κ1) is 19.8. The monoisotopic (exact) mass is 443 g/mol. The minimum absolute atomic E-state index is 0.113. The van der Waals surface area contributed by atoms with Gasteiger partial charge in [0.05, 0.1) is 16.8 Å². The number of benzene rings is 2. The molecule has 0 N–H and O–H groups in total. The van der Waals surface area contributed by atoms with Crippen LogP contribution in [0, 0.1) is 45.6 Å². The van der Waals surface area contributed by atoms with Crippen molar-refractivity contribution in [2.75, 3.05) is 11.6 Å². The van der Waals surface area contributed by atoms with Crippen molar-refractivity contribution in [2.24, 2.45) is 35.5 Å². The van der Waals surface area contributed by atoms with E-state index in [0.29, 0.717) is 17.5 Å². The van der Waals surface area contributed by atoms with Crippen molar-refractivity contribution in [1.29, 1.82) is 0 Å². The summed E-state index contributed by atoms with van der Waals surface area (Å²) in [4.78, 5) is 53.3. The highest BCUT2D eigenvalue weighted by Gasteiger charge is 2.67. The number of amides is 3. The molecule has 33 heavy (non-hydrogen) atoms. The van der Waals surface area contributed by atoms with Gasteiger partial charge in [-0.15, -0.1) is 0 Å². The number of rotatable bonds is 5. The van der Waals surface area contributed by atoms with Crippen molar-refractivity contribution in [1.82, 2.24) is 4.90 Å². The van der Waals surface area contributed by atoms with Gasteiger partial charge in [0, 0.05) is 23.4 Å². The molecule has 2 bridgehead atoms. The largest absolute Gasteiger partial charge is 0.290 e. The second kappa shape index (κ2) is 7.10. The number of nitro groups is 1. The highest BCUT2D eigenvalue weighted by atomic mass is 16.6. The Morgan fingerprint density at radius 3 is 2.06 bits per heavy atom. The summed E-state index contributed by atoms with van der Waals surface area (Å²) in [7, 11) is 0. The van der Waals surface area contributed by atoms with Gasteiger partial charge in [-0.05, 0) is 54.4 Å². The standard InChI is InChI=1S/C25H21N3O5/c29-23(14-6-8-16(9-7-14)28(32)33)26(15-4-2-1-3-5-15)13-27-24(30)21-17-10-11-18(20-12-19(17)20)22(21)25(27)31/h1-11,17-22H,12-13H2. The number of anilines is 1. The Balaban J connectivity index is 1.31. The van der Waals surface area contributed by atoms with Crippen molar-refractivity contribution in [3.63, 3.8) is 0 Å². The molecule has 3 amide bonds. The third kappa shape index (κ3) is 2.93. The number of carbonyl (C=O) groups excluding carboxylic acids is 3. The molecule has 3 fully saturated rings. The summed E-state index contributed by atoms with van der Waals surface area (Å²) >= 11 is 0. The second-order valence-corrected chi connectivity index (χ2v) is 9.27. The SMILES string of the molecule is O=C1C2C3C=CC(C4CC34)C2C(=O)N1CN(C(=O)c1ccc([N+](=O)[O-])cc1)c1ccccc1. The molecule has 5 aliphatic rings. The molecule has 0 aromatic heterocycles. The van der Waals surface area contributed by atoms with E-state index in [4.69, 9.17) is 0 Å². The van der Waals surface area contributed by atoms with Crippen LogP contribution in [0.25, 0.3) is 0 Å². The lowest BCUT2D eigenvalue weighted by Gasteiger charge is -2.37. The topological polar surface area (TPSA) is 101 Å². The summed E-state index contributed by atoms with van der Waals surface area (Å²) < 4.78 is 0. The number of likely N-dealkylation sites (tertiary alicyclic amines) is 1. The average molecular weight is 443 g/mol. The van der Waals surface area contributed by atoms with E-state index in [1.54, 1.807) is 24.3 Å². The third-order valence-corrected chi connectivity index (χ3v) is 7.68. The minimum Gasteiger partial charge on any atom is -0.290 e. The molecule has 6 atom stereocenters. The zero-order valence-electron chi connectivity index (χ0n) is 17.6. The summed E-state index contributed by atoms with van der Waals surface area (Å²) in [5.41, 5.74) is 0.664. The molecule has 6 unspecified atom stereocenters. The molecule has 1 saturated heterocycles. The number of hydrogen-bond donors (Lipinski definition) is 0. The lowest BCUT2D eigenvalue weighted by atomic mass is 9.63. The van der Waals surface area contributed by atoms with E-state index in [0.717, 1.165) is 6.42 Å². The van der Waals surface area contributed by atoms with Crippen LogP contribution < -0.4 is 4.90 Å². The van der Waals surface area contributed by atoms with Crippen molar-refractivity contribution in [3.8, 4) is 0 Å². The molecule has 166 valence electrons. The van der Waals surface area contributed by atoms with Crippen LogP contribution in [-0.2, 0) is 9.59 Å². The second-order valence-electron chi connectivity index (χ2n) is 9.27. The Morgan fingerprint density at radius 1 is 0.939 bits per heavy atom. The van der Waals surface area contributed by atoms with Gasteiger partial charge < -0.3 is 0 Å². The van der Waals surface area contributed by atoms with Gasteiger partial charge >= 0.3 is 0 Å². The number of imide groups is 1. The maximum absolute atomic E-state index is 13.4. The maximum Gasteiger partial charge on any atom is 0.269 e. The number of allylic oxidation sites excluding steroid dienone is 2. The highest BCUT2D eigenvalue weighted by molar-refractivity contribution is 6.10. The van der Waals surface area contributed by atoms with E-state index in [9.17, 15) is 24.5 Å². The van der Waals surface area contributed by atoms with Crippen molar-refractivity contribution in [2.45, 2.75) is 6.42 Å². The Kier molecular flexibility index (Phi) is 4.27. The Labute approximate surface area is 189 Å². The van der Waals surface area contributed by atoms with Crippen LogP contribution in [0.3, 0.4) is 0 Å². The number of hydrogen-bond acceptors (Lipinski definition) is 5. The molecule has 1 heterocycles. The average Bonchev–Trinajstić information content (AvgIpc) is 3.62. The zero-order valence-corrected chi connectivity index (χ0v) is 17.6. The minimum atomic E-state index is -0.528. The number of non-ortho nitro benzene ring substituents is 1. The highest BCUT2D eigenvalue weighted by Crippen LogP contribution is 2.65. The third-order valence-electron chi connectivity index (χ3n) is 7.68. The number of nitrogens with zero attached hydrogens (tertiary/aromatic N) is 3. The van der Waals surface area contributed by atoms with Gasteiger partial charge in [-0.2, -0.15) is 0 Å². The molecule has 2 aromatic carbocycles. The van der Waals surface area contributed by atoms with Crippen LogP contribution in [0.1, 0.15) is 16.8 Å². The molecule has 0 radical (unpaired) electrons. The molecule has 4 aliphatic carbocycles. The predicted octanol–water partition coefficient (Wildman–Crippen LogP) is 3.25. The number of nitro benzene ring substituents is 1. The van der Waals surface area contributed by atoms with Crippen molar-refractivity contribution >= 4 is 29.1 Å². The summed E-state index contributed by atoms with van der Waals surface area (Å²) in [6.07, 6.45) is 5.32. The Hall–Kier alpha value is -3.81. The summed E-state index contributed by atoms with van der Waals surface area (Å²) in [6.45, 7) is -0.181. The summed E-state index contributed by atoms with van der Waals surface area (Å²) in [6, 6.07) is 14.2. The summed E-state index contributed by atoms with van der Waals surface area (Å²) in [5, 5.41) is 11.0. The first-order valence-electron chi connectivity index (χ1n) is 11.1. The molecule has 8 nitrogen and oxygen atoms in total. The fourth-order valence-corrected chi connectivity index (χ4v) is 6.05. The van der Waals surface area contributed by atoms with Gasteiger partial charge in [-0.3, -0.25) is 34.3 Å². The van der Waals surface area contributed by atoms with Gasteiger partial charge in [-0.25, -0.2) is 0 Å². The Bertz CT molecular complexity index is 1170. The molecular formula is C25H21N3O5. The first-order chi connectivity index (χ1) is 16.0. The van der Waals surface area contributed by atoms with E-state index in [1.807, 2.05) is 6.07 Å². The van der Waals surface area contributed by atoms with E-state index in [-0.39, 0.29) is 53.4 Å². The number of carbonyl (C=O) groups is 3. The van der Waals surface area contributed by atoms with E-state index >= 15 is 0 Å². The summed E-state index contributed by atoms with van der Waals surface area (Å²) in [5.74, 6) is -0.264. The molecule has 7 rings (SSSR count). The van der Waals surface area contributed by atoms with Gasteiger partial charge in [0.25, 0.3) is 11.6 Å². The van der Waals surface area contributed by atoms with Crippen molar-refractivity contribution < 1.29 is 19.3 Å². The lowest BCUT2D eigenvalue weighted by molar-refractivity contribution is -0.384. The van der Waals surface area contributed by atoms with Gasteiger partial charge in [0.15, 0.2) is 0 Å². The van der Waals surface area contributed by atoms with E-state index in [1.165, 1.54) is 34.1 Å². The van der Waals surface area contributed by atoms with E-state index in [2.05, 4.69) is 12.2 Å². The van der Waals surface area contributed by atoms with Crippen LogP contribution in [-0.4, -0.2) is 34.2 Å². The fourth-order valence-electron chi connectivity index (χ4n) is 6.05. The van der Waals surface area contributed by atoms with Crippen molar-refractivity contribution in [3.05, 3.63) is 82.4 Å². The molecule has 2 saturated carbocycles. The van der Waals surface area contributed by atoms with Crippen LogP contribution in [0.2, 0.25) is 0 Å². The zero-order chi connectivity index (χ0) is 22.9.